The Morgan fingerprint density at radius 2 is 1.87 bits per heavy atom. The predicted molar refractivity (Wildman–Crippen MR) is 106 cm³/mol. The number of aromatic nitrogens is 4. The van der Waals surface area contributed by atoms with E-state index in [4.69, 9.17) is 18.9 Å². The fraction of sp³-hybridized carbons (Fsp3) is 0.667. The Labute approximate surface area is 175 Å². The summed E-state index contributed by atoms with van der Waals surface area (Å²) in [4.78, 5) is 0. The van der Waals surface area contributed by atoms with Crippen LogP contribution in [0.1, 0.15) is 38.1 Å². The highest BCUT2D eigenvalue weighted by Crippen LogP contribution is 2.38. The zero-order valence-corrected chi connectivity index (χ0v) is 16.9. The second kappa shape index (κ2) is 7.79. The van der Waals surface area contributed by atoms with Gasteiger partial charge in [-0.3, -0.25) is 0 Å². The Hall–Kier alpha value is -2.23. The minimum atomic E-state index is -0.0508. The molecule has 4 unspecified atom stereocenters. The van der Waals surface area contributed by atoms with Crippen LogP contribution in [-0.2, 0) is 9.47 Å². The molecule has 0 bridgehead atoms. The van der Waals surface area contributed by atoms with Gasteiger partial charge in [-0.1, -0.05) is 19.3 Å². The maximum atomic E-state index is 6.18. The molecule has 9 heteroatoms. The SMILES string of the molecule is c1cc2c(cc1-c1nnnn1C1COC3C(NCC4CCCCC4)COC31)OCO2. The van der Waals surface area contributed by atoms with Crippen molar-refractivity contribution in [3.63, 3.8) is 0 Å². The summed E-state index contributed by atoms with van der Waals surface area (Å²) in [6, 6.07) is 5.94. The minimum Gasteiger partial charge on any atom is -0.454 e. The molecule has 6 rings (SSSR count). The summed E-state index contributed by atoms with van der Waals surface area (Å²) in [5.41, 5.74) is 0.887. The van der Waals surface area contributed by atoms with Crippen molar-refractivity contribution >= 4 is 0 Å². The topological polar surface area (TPSA) is 92.6 Å². The molecular formula is C21H27N5O4. The first-order chi connectivity index (χ1) is 14.9. The predicted octanol–water partition coefficient (Wildman–Crippen LogP) is 1.95. The second-order valence-electron chi connectivity index (χ2n) is 8.70. The van der Waals surface area contributed by atoms with Crippen LogP contribution in [0.5, 0.6) is 11.5 Å². The Morgan fingerprint density at radius 1 is 1.00 bits per heavy atom. The van der Waals surface area contributed by atoms with E-state index in [1.807, 2.05) is 22.9 Å². The zero-order valence-electron chi connectivity index (χ0n) is 16.9. The van der Waals surface area contributed by atoms with Crippen molar-refractivity contribution in [1.82, 2.24) is 25.5 Å². The summed E-state index contributed by atoms with van der Waals surface area (Å²) >= 11 is 0. The molecule has 2 saturated heterocycles. The molecule has 3 aliphatic heterocycles. The lowest BCUT2D eigenvalue weighted by Crippen LogP contribution is -2.43. The smallest absolute Gasteiger partial charge is 0.231 e. The van der Waals surface area contributed by atoms with Gasteiger partial charge in [-0.05, 0) is 53.9 Å². The van der Waals surface area contributed by atoms with Gasteiger partial charge < -0.3 is 24.3 Å². The first-order valence-corrected chi connectivity index (χ1v) is 11.0. The summed E-state index contributed by atoms with van der Waals surface area (Å²) in [7, 11) is 0. The molecule has 0 spiro atoms. The molecule has 9 nitrogen and oxygen atoms in total. The lowest BCUT2D eigenvalue weighted by molar-refractivity contribution is 0.0620. The van der Waals surface area contributed by atoms with Crippen molar-refractivity contribution in [2.75, 3.05) is 26.6 Å². The number of hydrogen-bond acceptors (Lipinski definition) is 8. The molecule has 4 heterocycles. The van der Waals surface area contributed by atoms with Crippen LogP contribution in [0.4, 0.5) is 0 Å². The van der Waals surface area contributed by atoms with E-state index in [9.17, 15) is 0 Å². The molecular weight excluding hydrogens is 386 g/mol. The van der Waals surface area contributed by atoms with E-state index in [1.165, 1.54) is 32.1 Å². The van der Waals surface area contributed by atoms with Gasteiger partial charge in [0.2, 0.25) is 6.79 Å². The van der Waals surface area contributed by atoms with E-state index in [0.717, 1.165) is 23.8 Å². The van der Waals surface area contributed by atoms with Gasteiger partial charge >= 0.3 is 0 Å². The highest BCUT2D eigenvalue weighted by Gasteiger charge is 2.49. The van der Waals surface area contributed by atoms with Crippen LogP contribution in [0.3, 0.4) is 0 Å². The minimum absolute atomic E-state index is 0.0346. The largest absolute Gasteiger partial charge is 0.454 e. The van der Waals surface area contributed by atoms with Crippen LogP contribution < -0.4 is 14.8 Å². The lowest BCUT2D eigenvalue weighted by Gasteiger charge is -2.25. The Kier molecular flexibility index (Phi) is 4.81. The fourth-order valence-electron chi connectivity index (χ4n) is 5.22. The molecule has 4 aliphatic rings. The van der Waals surface area contributed by atoms with Gasteiger partial charge in [0, 0.05) is 5.56 Å². The third kappa shape index (κ3) is 3.25. The van der Waals surface area contributed by atoms with Gasteiger partial charge in [0.15, 0.2) is 17.3 Å². The highest BCUT2D eigenvalue weighted by molar-refractivity contribution is 5.61. The van der Waals surface area contributed by atoms with E-state index >= 15 is 0 Å². The number of nitrogens with one attached hydrogen (secondary N) is 1. The number of nitrogens with zero attached hydrogens (tertiary/aromatic N) is 4. The first-order valence-electron chi connectivity index (χ1n) is 11.0. The van der Waals surface area contributed by atoms with Gasteiger partial charge in [0.05, 0.1) is 19.3 Å². The molecule has 1 saturated carbocycles. The summed E-state index contributed by atoms with van der Waals surface area (Å²) in [6.07, 6.45) is 6.76. The first kappa shape index (κ1) is 18.5. The lowest BCUT2D eigenvalue weighted by atomic mass is 9.89. The number of ether oxygens (including phenoxy) is 4. The van der Waals surface area contributed by atoms with Gasteiger partial charge in [0.1, 0.15) is 18.2 Å². The third-order valence-electron chi connectivity index (χ3n) is 6.86. The van der Waals surface area contributed by atoms with E-state index in [1.54, 1.807) is 0 Å². The highest BCUT2D eigenvalue weighted by atomic mass is 16.7. The van der Waals surface area contributed by atoms with Crippen LogP contribution in [-0.4, -0.2) is 65.0 Å². The third-order valence-corrected chi connectivity index (χ3v) is 6.86. The molecule has 3 fully saturated rings. The van der Waals surface area contributed by atoms with E-state index in [2.05, 4.69) is 20.8 Å². The number of benzene rings is 1. The van der Waals surface area contributed by atoms with Gasteiger partial charge in [-0.25, -0.2) is 4.68 Å². The molecule has 0 radical (unpaired) electrons. The van der Waals surface area contributed by atoms with Crippen LogP contribution in [0.15, 0.2) is 18.2 Å². The molecule has 2 aromatic rings. The van der Waals surface area contributed by atoms with Crippen molar-refractivity contribution < 1.29 is 18.9 Å². The van der Waals surface area contributed by atoms with E-state index < -0.39 is 0 Å². The molecule has 0 amide bonds. The number of tetrazole rings is 1. The van der Waals surface area contributed by atoms with Crippen LogP contribution in [0.2, 0.25) is 0 Å². The fourth-order valence-corrected chi connectivity index (χ4v) is 5.22. The standard InChI is InChI=1S/C21H27N5O4/c1-2-4-13(5-3-1)9-22-15-10-27-20-16(11-28-19(15)20)26-21(23-24-25-26)14-6-7-17-18(8-14)30-12-29-17/h6-8,13,15-16,19-20,22H,1-5,9-12H2. The van der Waals surface area contributed by atoms with E-state index in [0.29, 0.717) is 24.8 Å². The average Bonchev–Trinajstić information content (AvgIpc) is 3.56. The normalized spacial score (nSPS) is 30.7. The molecule has 4 atom stereocenters. The number of fused-ring (bicyclic) bond motifs is 2. The molecule has 1 aliphatic carbocycles. The summed E-state index contributed by atoms with van der Waals surface area (Å²) < 4.78 is 25.1. The molecule has 160 valence electrons. The molecule has 30 heavy (non-hydrogen) atoms. The molecule has 1 aromatic carbocycles. The summed E-state index contributed by atoms with van der Waals surface area (Å²) in [5.74, 6) is 2.93. The zero-order chi connectivity index (χ0) is 19.9. The maximum absolute atomic E-state index is 6.18. The van der Waals surface area contributed by atoms with Gasteiger partial charge in [0.25, 0.3) is 0 Å². The van der Waals surface area contributed by atoms with Gasteiger partial charge in [-0.2, -0.15) is 0 Å². The van der Waals surface area contributed by atoms with E-state index in [-0.39, 0.29) is 31.1 Å². The Morgan fingerprint density at radius 3 is 2.80 bits per heavy atom. The molecule has 1 N–H and O–H groups in total. The monoisotopic (exact) mass is 413 g/mol. The Balaban J connectivity index is 1.16. The van der Waals surface area contributed by atoms with Crippen molar-refractivity contribution in [2.24, 2.45) is 5.92 Å². The summed E-state index contributed by atoms with van der Waals surface area (Å²) in [5, 5.41) is 16.2. The Bertz CT molecular complexity index is 899. The van der Waals surface area contributed by atoms with Crippen LogP contribution >= 0.6 is 0 Å². The number of hydrogen-bond donors (Lipinski definition) is 1. The van der Waals surface area contributed by atoms with Crippen molar-refractivity contribution in [3.05, 3.63) is 18.2 Å². The van der Waals surface area contributed by atoms with Crippen LogP contribution in [0.25, 0.3) is 11.4 Å². The van der Waals surface area contributed by atoms with Crippen molar-refractivity contribution in [3.8, 4) is 22.9 Å². The van der Waals surface area contributed by atoms with Crippen LogP contribution in [0, 0.1) is 5.92 Å². The summed E-state index contributed by atoms with van der Waals surface area (Å²) in [6.45, 7) is 2.51. The number of rotatable bonds is 5. The quantitative estimate of drug-likeness (QED) is 0.795. The van der Waals surface area contributed by atoms with Crippen molar-refractivity contribution in [2.45, 2.75) is 56.4 Å². The molecule has 1 aromatic heterocycles. The average molecular weight is 413 g/mol. The second-order valence-corrected chi connectivity index (χ2v) is 8.70. The maximum Gasteiger partial charge on any atom is 0.231 e. The van der Waals surface area contributed by atoms with Crippen molar-refractivity contribution in [1.29, 1.82) is 0 Å². The van der Waals surface area contributed by atoms with Gasteiger partial charge in [-0.15, -0.1) is 5.10 Å².